The molecule has 0 amide bonds. The SMILES string of the molecule is CC1(C)c2ccccc2-c2ccc(-c3ccc(-c4ccc5c(-c6ccc(-c7ccccc7)cc6)c6ccccc6c(-c6ccc7ccccc7c6)c5c4)cc3)cc21. The van der Waals surface area contributed by atoms with Gasteiger partial charge in [0.15, 0.2) is 0 Å². The van der Waals surface area contributed by atoms with Crippen molar-refractivity contribution in [3.63, 3.8) is 0 Å². The van der Waals surface area contributed by atoms with Gasteiger partial charge in [0.25, 0.3) is 0 Å². The van der Waals surface area contributed by atoms with Gasteiger partial charge in [0.1, 0.15) is 0 Å². The highest BCUT2D eigenvalue weighted by Gasteiger charge is 2.35. The van der Waals surface area contributed by atoms with E-state index < -0.39 is 0 Å². The minimum absolute atomic E-state index is 0.0251. The molecular weight excluding hydrogens is 685 g/mol. The first-order chi connectivity index (χ1) is 28.0. The van der Waals surface area contributed by atoms with Crippen molar-refractivity contribution in [1.29, 1.82) is 0 Å². The third-order valence-electron chi connectivity index (χ3n) is 12.5. The monoisotopic (exact) mass is 724 g/mol. The number of hydrogen-bond acceptors (Lipinski definition) is 0. The fourth-order valence-electron chi connectivity index (χ4n) is 9.52. The average Bonchev–Trinajstić information content (AvgIpc) is 3.50. The summed E-state index contributed by atoms with van der Waals surface area (Å²) >= 11 is 0. The second-order valence-electron chi connectivity index (χ2n) is 16.1. The van der Waals surface area contributed by atoms with E-state index in [4.69, 9.17) is 0 Å². The van der Waals surface area contributed by atoms with Crippen LogP contribution in [0.1, 0.15) is 25.0 Å². The molecule has 0 bridgehead atoms. The van der Waals surface area contributed by atoms with E-state index in [1.54, 1.807) is 0 Å². The Kier molecular flexibility index (Phi) is 7.63. The number of hydrogen-bond donors (Lipinski definition) is 0. The molecule has 1 aliphatic rings. The van der Waals surface area contributed by atoms with Gasteiger partial charge in [-0.2, -0.15) is 0 Å². The summed E-state index contributed by atoms with van der Waals surface area (Å²) in [7, 11) is 0. The van der Waals surface area contributed by atoms with Gasteiger partial charge in [-0.05, 0) is 128 Å². The predicted octanol–water partition coefficient (Wildman–Crippen LogP) is 15.8. The van der Waals surface area contributed by atoms with E-state index in [0.29, 0.717) is 0 Å². The molecule has 0 heterocycles. The zero-order chi connectivity index (χ0) is 38.1. The van der Waals surface area contributed by atoms with Crippen LogP contribution < -0.4 is 0 Å². The molecule has 0 atom stereocenters. The maximum absolute atomic E-state index is 2.43. The fourth-order valence-corrected chi connectivity index (χ4v) is 9.52. The van der Waals surface area contributed by atoms with Crippen LogP contribution in [0.4, 0.5) is 0 Å². The minimum atomic E-state index is -0.0251. The van der Waals surface area contributed by atoms with E-state index in [-0.39, 0.29) is 5.41 Å². The molecule has 10 aromatic rings. The summed E-state index contributed by atoms with van der Waals surface area (Å²) in [6.45, 7) is 4.70. The Morgan fingerprint density at radius 1 is 0.263 bits per heavy atom. The van der Waals surface area contributed by atoms with Gasteiger partial charge in [-0.15, -0.1) is 0 Å². The smallest absolute Gasteiger partial charge is 0.0159 e. The fraction of sp³-hybridized carbons (Fsp3) is 0.0526. The molecule has 10 aromatic carbocycles. The Bertz CT molecular complexity index is 3160. The van der Waals surface area contributed by atoms with Crippen LogP contribution in [-0.2, 0) is 5.41 Å². The van der Waals surface area contributed by atoms with Gasteiger partial charge in [-0.25, -0.2) is 0 Å². The molecule has 268 valence electrons. The molecule has 0 unspecified atom stereocenters. The van der Waals surface area contributed by atoms with E-state index in [1.807, 2.05) is 0 Å². The third-order valence-corrected chi connectivity index (χ3v) is 12.5. The predicted molar refractivity (Wildman–Crippen MR) is 244 cm³/mol. The average molecular weight is 725 g/mol. The molecule has 0 N–H and O–H groups in total. The topological polar surface area (TPSA) is 0 Å². The summed E-state index contributed by atoms with van der Waals surface area (Å²) in [5.41, 5.74) is 17.9. The first-order valence-electron chi connectivity index (χ1n) is 20.0. The molecule has 0 radical (unpaired) electrons. The number of benzene rings is 10. The van der Waals surface area contributed by atoms with E-state index >= 15 is 0 Å². The summed E-state index contributed by atoms with van der Waals surface area (Å²) in [6.07, 6.45) is 0. The van der Waals surface area contributed by atoms with Crippen LogP contribution in [0.25, 0.3) is 99.1 Å². The summed E-state index contributed by atoms with van der Waals surface area (Å²) in [5.74, 6) is 0. The van der Waals surface area contributed by atoms with Crippen molar-refractivity contribution in [2.75, 3.05) is 0 Å². The Balaban J connectivity index is 1.06. The summed E-state index contributed by atoms with van der Waals surface area (Å²) < 4.78 is 0. The van der Waals surface area contributed by atoms with E-state index in [1.165, 1.54) is 110 Å². The van der Waals surface area contributed by atoms with Gasteiger partial charge >= 0.3 is 0 Å². The maximum Gasteiger partial charge on any atom is 0.0159 e. The normalized spacial score (nSPS) is 12.9. The highest BCUT2D eigenvalue weighted by atomic mass is 14.4. The van der Waals surface area contributed by atoms with Crippen LogP contribution in [0.15, 0.2) is 206 Å². The molecule has 57 heavy (non-hydrogen) atoms. The van der Waals surface area contributed by atoms with Crippen LogP contribution in [0.2, 0.25) is 0 Å². The van der Waals surface area contributed by atoms with E-state index in [2.05, 4.69) is 220 Å². The lowest BCUT2D eigenvalue weighted by Gasteiger charge is -2.22. The Labute approximate surface area is 334 Å². The third kappa shape index (κ3) is 5.44. The second kappa shape index (κ2) is 13.0. The Morgan fingerprint density at radius 2 is 0.737 bits per heavy atom. The van der Waals surface area contributed by atoms with Crippen molar-refractivity contribution >= 4 is 32.3 Å². The van der Waals surface area contributed by atoms with Crippen molar-refractivity contribution in [1.82, 2.24) is 0 Å². The molecule has 0 spiro atoms. The summed E-state index contributed by atoms with van der Waals surface area (Å²) in [6, 6.07) is 76.5. The summed E-state index contributed by atoms with van der Waals surface area (Å²) in [5, 5.41) is 7.54. The molecule has 0 fully saturated rings. The van der Waals surface area contributed by atoms with Crippen molar-refractivity contribution in [3.8, 4) is 66.8 Å². The highest BCUT2D eigenvalue weighted by molar-refractivity contribution is 6.22. The Morgan fingerprint density at radius 3 is 1.47 bits per heavy atom. The van der Waals surface area contributed by atoms with Crippen molar-refractivity contribution in [2.45, 2.75) is 19.3 Å². The first kappa shape index (κ1) is 33.3. The molecule has 0 heteroatoms. The second-order valence-corrected chi connectivity index (χ2v) is 16.1. The molecule has 1 aliphatic carbocycles. The maximum atomic E-state index is 2.43. The molecular formula is C57H40. The largest absolute Gasteiger partial charge is 0.0622 e. The van der Waals surface area contributed by atoms with Crippen LogP contribution in [0.5, 0.6) is 0 Å². The molecule has 0 aliphatic heterocycles. The van der Waals surface area contributed by atoms with E-state index in [9.17, 15) is 0 Å². The van der Waals surface area contributed by atoms with Gasteiger partial charge in [0.05, 0.1) is 0 Å². The zero-order valence-corrected chi connectivity index (χ0v) is 32.1. The van der Waals surface area contributed by atoms with Crippen molar-refractivity contribution in [2.24, 2.45) is 0 Å². The number of fused-ring (bicyclic) bond motifs is 6. The minimum Gasteiger partial charge on any atom is -0.0622 e. The first-order valence-corrected chi connectivity index (χ1v) is 20.0. The van der Waals surface area contributed by atoms with Gasteiger partial charge in [-0.3, -0.25) is 0 Å². The summed E-state index contributed by atoms with van der Waals surface area (Å²) in [4.78, 5) is 0. The quantitative estimate of drug-likeness (QED) is 0.155. The zero-order valence-electron chi connectivity index (χ0n) is 32.1. The van der Waals surface area contributed by atoms with Gasteiger partial charge in [0, 0.05) is 5.41 Å². The van der Waals surface area contributed by atoms with Gasteiger partial charge in [0.2, 0.25) is 0 Å². The molecule has 0 saturated heterocycles. The molecule has 0 saturated carbocycles. The van der Waals surface area contributed by atoms with Crippen molar-refractivity contribution < 1.29 is 0 Å². The Hall–Kier alpha value is -7.02. The van der Waals surface area contributed by atoms with Crippen LogP contribution in [-0.4, -0.2) is 0 Å². The van der Waals surface area contributed by atoms with Gasteiger partial charge in [-0.1, -0.05) is 202 Å². The van der Waals surface area contributed by atoms with E-state index in [0.717, 1.165) is 0 Å². The lowest BCUT2D eigenvalue weighted by atomic mass is 9.81. The lowest BCUT2D eigenvalue weighted by Crippen LogP contribution is -2.14. The molecule has 0 aromatic heterocycles. The van der Waals surface area contributed by atoms with Crippen LogP contribution in [0.3, 0.4) is 0 Å². The van der Waals surface area contributed by atoms with Gasteiger partial charge < -0.3 is 0 Å². The van der Waals surface area contributed by atoms with Crippen molar-refractivity contribution in [3.05, 3.63) is 217 Å². The number of rotatable bonds is 5. The highest BCUT2D eigenvalue weighted by Crippen LogP contribution is 2.50. The lowest BCUT2D eigenvalue weighted by molar-refractivity contribution is 0.660. The standard InChI is InChI=1S/C57H40/c1-57(2)53-19-11-10-16-47(53)48-32-30-45(36-54(48)57)41-22-20-40(21-23-41)44-31-33-51-52(35-44)56(46-29-26-38-14-6-7-15-43(38)34-46)50-18-9-8-17-49(50)55(51)42-27-24-39(25-28-42)37-12-4-3-5-13-37/h3-36H,1-2H3. The molecule has 11 rings (SSSR count). The van der Waals surface area contributed by atoms with Crippen LogP contribution >= 0.6 is 0 Å². The van der Waals surface area contributed by atoms with Crippen LogP contribution in [0, 0.1) is 0 Å². The molecule has 0 nitrogen and oxygen atoms in total.